The van der Waals surface area contributed by atoms with Gasteiger partial charge >= 0.3 is 0 Å². The van der Waals surface area contributed by atoms with Gasteiger partial charge in [-0.25, -0.2) is 0 Å². The van der Waals surface area contributed by atoms with Gasteiger partial charge in [-0.1, -0.05) is 99.2 Å². The first-order valence-electron chi connectivity index (χ1n) is 15.4. The summed E-state index contributed by atoms with van der Waals surface area (Å²) in [7, 11) is 0. The molecular weight excluding hydrogens is 521 g/mol. The molecule has 0 atom stereocenters. The van der Waals surface area contributed by atoms with Crippen molar-refractivity contribution in [3.05, 3.63) is 96.1 Å². The zero-order valence-corrected chi connectivity index (χ0v) is 24.8. The van der Waals surface area contributed by atoms with E-state index in [1.54, 1.807) is 20.5 Å². The summed E-state index contributed by atoms with van der Waals surface area (Å²) < 4.78 is 4.63. The maximum absolute atomic E-state index is 2.55. The van der Waals surface area contributed by atoms with Crippen LogP contribution in [0.5, 0.6) is 0 Å². The minimum atomic E-state index is 0.691. The highest BCUT2D eigenvalue weighted by molar-refractivity contribution is 7.44. The Bertz CT molecular complexity index is 1660. The molecule has 2 fully saturated rings. The summed E-state index contributed by atoms with van der Waals surface area (Å²) in [6.07, 6.45) is 13.6. The van der Waals surface area contributed by atoms with Crippen molar-refractivity contribution in [1.29, 1.82) is 0 Å². The van der Waals surface area contributed by atoms with Gasteiger partial charge in [0.05, 0.1) is 4.01 Å². The van der Waals surface area contributed by atoms with Crippen molar-refractivity contribution in [1.82, 2.24) is 0 Å². The molecule has 2 aliphatic carbocycles. The first kappa shape index (κ1) is 24.8. The highest BCUT2D eigenvalue weighted by Crippen LogP contribution is 2.52. The van der Waals surface area contributed by atoms with E-state index in [0.717, 1.165) is 0 Å². The van der Waals surface area contributed by atoms with E-state index in [9.17, 15) is 0 Å². The fourth-order valence-corrected chi connectivity index (χ4v) is 10.5. The van der Waals surface area contributed by atoms with Gasteiger partial charge in [0, 0.05) is 25.6 Å². The molecule has 0 bridgehead atoms. The molecule has 2 aliphatic rings. The molecule has 0 radical (unpaired) electrons. The van der Waals surface area contributed by atoms with E-state index >= 15 is 0 Å². The first-order chi connectivity index (χ1) is 19.8. The predicted octanol–water partition coefficient (Wildman–Crippen LogP) is 12.7. The lowest BCUT2D eigenvalue weighted by Crippen LogP contribution is -2.05. The Balaban J connectivity index is 1.42. The van der Waals surface area contributed by atoms with Crippen molar-refractivity contribution < 1.29 is 0 Å². The van der Waals surface area contributed by atoms with E-state index in [4.69, 9.17) is 0 Å². The fraction of sp³-hybridized carbons (Fsp3) is 0.316. The second kappa shape index (κ2) is 10.5. The lowest BCUT2D eigenvalue weighted by molar-refractivity contribution is 0.446. The Labute approximate surface area is 245 Å². The SMILES string of the molecule is c1ccc(-c2cc(C3CCCCC3)c3sc4sc5c(C6CCCCC6)cc(-c6ccccc6)cc5c4c3c2)cc1. The molecule has 4 aromatic carbocycles. The Hall–Kier alpha value is -2.94. The van der Waals surface area contributed by atoms with Crippen LogP contribution in [0.3, 0.4) is 0 Å². The van der Waals surface area contributed by atoms with Crippen LogP contribution in [0.4, 0.5) is 0 Å². The molecule has 8 rings (SSSR count). The number of hydrogen-bond donors (Lipinski definition) is 0. The summed E-state index contributed by atoms with van der Waals surface area (Å²) in [6.45, 7) is 0. The van der Waals surface area contributed by atoms with Crippen LogP contribution in [0.15, 0.2) is 84.9 Å². The summed E-state index contributed by atoms with van der Waals surface area (Å²) in [5.41, 5.74) is 8.69. The highest BCUT2D eigenvalue weighted by Gasteiger charge is 2.25. The number of benzene rings is 4. The smallest absolute Gasteiger partial charge is 0.0890 e. The average Bonchev–Trinajstić information content (AvgIpc) is 3.58. The molecule has 2 aromatic heterocycles. The van der Waals surface area contributed by atoms with E-state index < -0.39 is 0 Å². The molecule has 0 N–H and O–H groups in total. The number of fused-ring (bicyclic) bond motifs is 5. The van der Waals surface area contributed by atoms with Gasteiger partial charge in [0.2, 0.25) is 0 Å². The number of thiophene rings is 2. The van der Waals surface area contributed by atoms with E-state index in [0.29, 0.717) is 11.8 Å². The Morgan fingerprint density at radius 2 is 0.875 bits per heavy atom. The predicted molar refractivity (Wildman–Crippen MR) is 177 cm³/mol. The van der Waals surface area contributed by atoms with Gasteiger partial charge in [-0.3, -0.25) is 0 Å². The third-order valence-electron chi connectivity index (χ3n) is 9.67. The molecule has 40 heavy (non-hydrogen) atoms. The van der Waals surface area contributed by atoms with E-state index in [1.807, 2.05) is 0 Å². The highest BCUT2D eigenvalue weighted by atomic mass is 32.2. The van der Waals surface area contributed by atoms with Crippen LogP contribution < -0.4 is 0 Å². The Morgan fingerprint density at radius 3 is 1.30 bits per heavy atom. The molecule has 2 heteroatoms. The zero-order chi connectivity index (χ0) is 26.5. The molecule has 0 nitrogen and oxygen atoms in total. The minimum Gasteiger partial charge on any atom is -0.124 e. The van der Waals surface area contributed by atoms with Crippen LogP contribution in [0.1, 0.15) is 87.2 Å². The van der Waals surface area contributed by atoms with Gasteiger partial charge in [0.1, 0.15) is 0 Å². The molecule has 0 aliphatic heterocycles. The van der Waals surface area contributed by atoms with Crippen LogP contribution >= 0.6 is 22.7 Å². The second-order valence-corrected chi connectivity index (χ2v) is 14.5. The fourth-order valence-electron chi connectivity index (χ4n) is 7.60. The zero-order valence-electron chi connectivity index (χ0n) is 23.1. The molecule has 0 amide bonds. The monoisotopic (exact) mass is 556 g/mol. The standard InChI is InChI=1S/C38H36S2/c1-5-13-25(14-6-1)29-21-31(27-17-9-3-10-18-27)36-33(23-29)35-34-24-30(26-15-7-2-8-16-26)22-32(28-19-11-4-12-20-28)37(34)40-38(35)39-36/h1-2,5-8,13-16,21-24,27-28H,3-4,9-12,17-20H2. The van der Waals surface area contributed by atoms with Gasteiger partial charge in [0.15, 0.2) is 0 Å². The van der Waals surface area contributed by atoms with Gasteiger partial charge in [-0.2, -0.15) is 0 Å². The maximum atomic E-state index is 2.55. The van der Waals surface area contributed by atoms with Gasteiger partial charge in [0.25, 0.3) is 0 Å². The number of hydrogen-bond acceptors (Lipinski definition) is 2. The molecule has 0 spiro atoms. The number of rotatable bonds is 4. The van der Waals surface area contributed by atoms with Crippen LogP contribution in [0.2, 0.25) is 0 Å². The summed E-state index contributed by atoms with van der Waals surface area (Å²) in [5.74, 6) is 1.38. The average molecular weight is 557 g/mol. The molecule has 6 aromatic rings. The van der Waals surface area contributed by atoms with Crippen molar-refractivity contribution in [2.75, 3.05) is 0 Å². The van der Waals surface area contributed by atoms with Gasteiger partial charge < -0.3 is 0 Å². The van der Waals surface area contributed by atoms with Crippen molar-refractivity contribution in [3.63, 3.8) is 0 Å². The Kier molecular flexibility index (Phi) is 6.50. The summed E-state index contributed by atoms with van der Waals surface area (Å²) in [5, 5.41) is 4.51. The van der Waals surface area contributed by atoms with E-state index in [-0.39, 0.29) is 0 Å². The van der Waals surface area contributed by atoms with E-state index in [1.165, 1.54) is 107 Å². The van der Waals surface area contributed by atoms with Crippen molar-refractivity contribution in [2.45, 2.75) is 76.0 Å². The Morgan fingerprint density at radius 1 is 0.450 bits per heavy atom. The van der Waals surface area contributed by atoms with E-state index in [2.05, 4.69) is 108 Å². The van der Waals surface area contributed by atoms with Crippen LogP contribution in [-0.4, -0.2) is 0 Å². The molecule has 0 unspecified atom stereocenters. The molecular formula is C38H36S2. The van der Waals surface area contributed by atoms with Crippen molar-refractivity contribution in [3.8, 4) is 22.3 Å². The normalized spacial score (nSPS) is 17.3. The first-order valence-corrected chi connectivity index (χ1v) is 17.0. The van der Waals surface area contributed by atoms with Gasteiger partial charge in [-0.15, -0.1) is 22.7 Å². The quantitative estimate of drug-likeness (QED) is 0.202. The summed E-state index contributed by atoms with van der Waals surface area (Å²) in [6, 6.07) is 32.3. The molecule has 2 heterocycles. The summed E-state index contributed by atoms with van der Waals surface area (Å²) >= 11 is 4.17. The molecule has 2 saturated carbocycles. The molecule has 200 valence electrons. The lowest BCUT2D eigenvalue weighted by atomic mass is 9.82. The van der Waals surface area contributed by atoms with Crippen molar-refractivity contribution in [2.24, 2.45) is 0 Å². The maximum Gasteiger partial charge on any atom is 0.0890 e. The van der Waals surface area contributed by atoms with Crippen LogP contribution in [0.25, 0.3) is 51.8 Å². The largest absolute Gasteiger partial charge is 0.124 e. The lowest BCUT2D eigenvalue weighted by Gasteiger charge is -2.24. The third kappa shape index (κ3) is 4.32. The van der Waals surface area contributed by atoms with Crippen molar-refractivity contribution >= 4 is 52.2 Å². The van der Waals surface area contributed by atoms with Crippen LogP contribution in [-0.2, 0) is 0 Å². The summed E-state index contributed by atoms with van der Waals surface area (Å²) in [4.78, 5) is 0. The van der Waals surface area contributed by atoms with Crippen LogP contribution in [0, 0.1) is 0 Å². The second-order valence-electron chi connectivity index (χ2n) is 12.2. The minimum absolute atomic E-state index is 0.691. The van der Waals surface area contributed by atoms with Gasteiger partial charge in [-0.05, 0) is 95.2 Å². The third-order valence-corrected chi connectivity index (χ3v) is 12.3. The molecule has 0 saturated heterocycles. The topological polar surface area (TPSA) is 0 Å².